The molecule has 1 aliphatic rings. The van der Waals surface area contributed by atoms with Crippen LogP contribution in [0.15, 0.2) is 42.5 Å². The highest BCUT2D eigenvalue weighted by molar-refractivity contribution is 6.38. The quantitative estimate of drug-likeness (QED) is 0.559. The van der Waals surface area contributed by atoms with Crippen molar-refractivity contribution in [2.24, 2.45) is 0 Å². The number of amides is 1. The van der Waals surface area contributed by atoms with Crippen LogP contribution in [0.5, 0.6) is 0 Å². The Morgan fingerprint density at radius 2 is 1.64 bits per heavy atom. The lowest BCUT2D eigenvalue weighted by molar-refractivity contribution is 0.0240. The third-order valence-corrected chi connectivity index (χ3v) is 6.19. The van der Waals surface area contributed by atoms with E-state index in [2.05, 4.69) is 0 Å². The van der Waals surface area contributed by atoms with E-state index in [1.54, 1.807) is 9.47 Å². The van der Waals surface area contributed by atoms with Gasteiger partial charge in [-0.2, -0.15) is 0 Å². The van der Waals surface area contributed by atoms with Crippen molar-refractivity contribution in [1.82, 2.24) is 9.47 Å². The maximum atomic E-state index is 12.6. The lowest BCUT2D eigenvalue weighted by Gasteiger charge is -2.37. The first kappa shape index (κ1) is 23.0. The van der Waals surface area contributed by atoms with E-state index in [4.69, 9.17) is 16.3 Å². The molecule has 0 spiro atoms. The van der Waals surface area contributed by atoms with Crippen LogP contribution in [-0.2, 0) is 4.74 Å². The molecule has 1 aliphatic heterocycles. The van der Waals surface area contributed by atoms with E-state index in [1.807, 2.05) is 75.1 Å². The van der Waals surface area contributed by atoms with E-state index in [-0.39, 0.29) is 11.8 Å². The number of carbonyl (C=O) groups excluding carboxylic acids is 1. The highest BCUT2D eigenvalue weighted by Crippen LogP contribution is 2.42. The predicted octanol–water partition coefficient (Wildman–Crippen LogP) is 5.35. The van der Waals surface area contributed by atoms with E-state index in [0.717, 1.165) is 16.8 Å². The van der Waals surface area contributed by atoms with Crippen LogP contribution in [0.3, 0.4) is 0 Å². The highest BCUT2D eigenvalue weighted by Gasteiger charge is 2.32. The minimum absolute atomic E-state index is 0.161. The molecule has 0 radical (unpaired) electrons. The third kappa shape index (κ3) is 4.37. The Hall–Kier alpha value is -3.19. The number of nitrogens with zero attached hydrogens (tertiary/aromatic N) is 3. The molecule has 0 unspecified atom stereocenters. The molecule has 2 heterocycles. The molecule has 174 valence electrons. The van der Waals surface area contributed by atoms with Crippen LogP contribution in [0.4, 0.5) is 10.5 Å². The van der Waals surface area contributed by atoms with Crippen molar-refractivity contribution in [3.8, 4) is 5.69 Å². The Balaban J connectivity index is 1.80. The summed E-state index contributed by atoms with van der Waals surface area (Å²) in [5.41, 5.74) is 2.53. The molecular formula is C25H28ClN3O4. The van der Waals surface area contributed by atoms with Gasteiger partial charge in [0.1, 0.15) is 5.60 Å². The fourth-order valence-corrected chi connectivity index (χ4v) is 4.46. The number of fused-ring (bicyclic) bond motifs is 1. The number of carboxylic acid groups (broad SMARTS) is 1. The molecule has 1 amide bonds. The number of piperazine rings is 1. The molecule has 0 atom stereocenters. The van der Waals surface area contributed by atoms with Gasteiger partial charge in [-0.15, -0.1) is 0 Å². The van der Waals surface area contributed by atoms with Crippen molar-refractivity contribution in [1.29, 1.82) is 0 Å². The minimum atomic E-state index is -1.03. The summed E-state index contributed by atoms with van der Waals surface area (Å²) < 4.78 is 7.24. The van der Waals surface area contributed by atoms with Crippen LogP contribution in [0.2, 0.25) is 5.02 Å². The number of rotatable bonds is 3. The van der Waals surface area contributed by atoms with Crippen LogP contribution in [0.1, 0.15) is 36.8 Å². The number of hydrogen-bond acceptors (Lipinski definition) is 4. The van der Waals surface area contributed by atoms with E-state index < -0.39 is 11.6 Å². The summed E-state index contributed by atoms with van der Waals surface area (Å²) >= 11 is 6.76. The molecule has 1 N–H and O–H groups in total. The molecular weight excluding hydrogens is 442 g/mol. The molecule has 1 fully saturated rings. The molecule has 0 saturated carbocycles. The first-order valence-corrected chi connectivity index (χ1v) is 11.3. The monoisotopic (exact) mass is 469 g/mol. The molecule has 33 heavy (non-hydrogen) atoms. The fourth-order valence-electron chi connectivity index (χ4n) is 4.22. The molecule has 0 bridgehead atoms. The third-order valence-electron chi connectivity index (χ3n) is 5.70. The number of aromatic carboxylic acids is 1. The van der Waals surface area contributed by atoms with E-state index >= 15 is 0 Å². The van der Waals surface area contributed by atoms with Crippen LogP contribution in [0.25, 0.3) is 16.6 Å². The van der Waals surface area contributed by atoms with E-state index in [9.17, 15) is 14.7 Å². The van der Waals surface area contributed by atoms with Gasteiger partial charge in [0, 0.05) is 37.3 Å². The zero-order chi connectivity index (χ0) is 23.9. The summed E-state index contributed by atoms with van der Waals surface area (Å²) in [5.74, 6) is -1.03. The van der Waals surface area contributed by atoms with E-state index in [1.165, 1.54) is 0 Å². The van der Waals surface area contributed by atoms with E-state index in [0.29, 0.717) is 42.3 Å². The average molecular weight is 470 g/mol. The van der Waals surface area contributed by atoms with Gasteiger partial charge in [-0.3, -0.25) is 0 Å². The van der Waals surface area contributed by atoms with Gasteiger partial charge < -0.3 is 24.2 Å². The first-order chi connectivity index (χ1) is 15.6. The maximum Gasteiger partial charge on any atom is 0.410 e. The molecule has 1 aromatic heterocycles. The number of aryl methyl sites for hydroxylation is 1. The lowest BCUT2D eigenvalue weighted by Crippen LogP contribution is -2.50. The van der Waals surface area contributed by atoms with Gasteiger partial charge in [0.25, 0.3) is 0 Å². The summed E-state index contributed by atoms with van der Waals surface area (Å²) in [7, 11) is 0. The molecule has 1 saturated heterocycles. The number of carboxylic acids is 1. The van der Waals surface area contributed by atoms with Gasteiger partial charge in [-0.05, 0) is 51.5 Å². The van der Waals surface area contributed by atoms with Gasteiger partial charge in [0.05, 0.1) is 16.2 Å². The van der Waals surface area contributed by atoms with Crippen LogP contribution < -0.4 is 4.90 Å². The smallest absolute Gasteiger partial charge is 0.410 e. The summed E-state index contributed by atoms with van der Waals surface area (Å²) in [6.07, 6.45) is -0.360. The fraction of sp³-hybridized carbons (Fsp3) is 0.360. The largest absolute Gasteiger partial charge is 0.476 e. The standard InChI is InChI=1S/C25H28ClN3O4/c1-16-10-11-18-19(20(16)26)21(22(23(30)31)29(18)17-8-6-5-7-9-17)27-12-14-28(15-13-27)24(32)33-25(2,3)4/h5-11H,12-15H2,1-4H3,(H,30,31). The van der Waals surface area contributed by atoms with Crippen molar-refractivity contribution < 1.29 is 19.4 Å². The molecule has 8 heteroatoms. The van der Waals surface area contributed by atoms with Crippen molar-refractivity contribution in [2.45, 2.75) is 33.3 Å². The number of halogens is 1. The highest BCUT2D eigenvalue weighted by atomic mass is 35.5. The molecule has 7 nitrogen and oxygen atoms in total. The summed E-state index contributed by atoms with van der Waals surface area (Å²) in [6.45, 7) is 9.21. The zero-order valence-corrected chi connectivity index (χ0v) is 20.0. The summed E-state index contributed by atoms with van der Waals surface area (Å²) in [4.78, 5) is 28.7. The second-order valence-electron chi connectivity index (χ2n) is 9.22. The average Bonchev–Trinajstić information content (AvgIpc) is 3.12. The van der Waals surface area contributed by atoms with Crippen molar-refractivity contribution >= 4 is 40.3 Å². The Kier molecular flexibility index (Phi) is 6.01. The zero-order valence-electron chi connectivity index (χ0n) is 19.3. The molecule has 2 aromatic carbocycles. The SMILES string of the molecule is Cc1ccc2c(c1Cl)c(N1CCN(C(=O)OC(C)(C)C)CC1)c(C(=O)O)n2-c1ccccc1. The second kappa shape index (κ2) is 8.63. The van der Waals surface area contributed by atoms with Crippen LogP contribution in [0, 0.1) is 6.92 Å². The van der Waals surface area contributed by atoms with Gasteiger partial charge in [-0.1, -0.05) is 35.9 Å². The predicted molar refractivity (Wildman–Crippen MR) is 130 cm³/mol. The Bertz CT molecular complexity index is 1210. The maximum absolute atomic E-state index is 12.6. The number of benzene rings is 2. The summed E-state index contributed by atoms with van der Waals surface area (Å²) in [5, 5.41) is 11.5. The number of hydrogen-bond donors (Lipinski definition) is 1. The Labute approximate surface area is 198 Å². The van der Waals surface area contributed by atoms with Gasteiger partial charge in [0.2, 0.25) is 0 Å². The number of anilines is 1. The Morgan fingerprint density at radius 1 is 1.00 bits per heavy atom. The van der Waals surface area contributed by atoms with Crippen LogP contribution >= 0.6 is 11.6 Å². The second-order valence-corrected chi connectivity index (χ2v) is 9.60. The van der Waals surface area contributed by atoms with Crippen LogP contribution in [-0.4, -0.2) is 58.4 Å². The first-order valence-electron chi connectivity index (χ1n) is 10.9. The summed E-state index contributed by atoms with van der Waals surface area (Å²) in [6, 6.07) is 13.2. The topological polar surface area (TPSA) is 75.0 Å². The lowest BCUT2D eigenvalue weighted by atomic mass is 10.1. The van der Waals surface area contributed by atoms with Gasteiger partial charge in [-0.25, -0.2) is 9.59 Å². The number of carbonyl (C=O) groups is 2. The normalized spacial score (nSPS) is 14.6. The van der Waals surface area contributed by atoms with Gasteiger partial charge in [0.15, 0.2) is 5.69 Å². The molecule has 3 aromatic rings. The minimum Gasteiger partial charge on any atom is -0.476 e. The number of ether oxygens (including phenoxy) is 1. The Morgan fingerprint density at radius 3 is 2.21 bits per heavy atom. The van der Waals surface area contributed by atoms with Crippen molar-refractivity contribution in [2.75, 3.05) is 31.1 Å². The molecule has 0 aliphatic carbocycles. The van der Waals surface area contributed by atoms with Crippen molar-refractivity contribution in [3.63, 3.8) is 0 Å². The van der Waals surface area contributed by atoms with Crippen molar-refractivity contribution in [3.05, 3.63) is 58.7 Å². The number of para-hydroxylation sites is 1. The van der Waals surface area contributed by atoms with Gasteiger partial charge >= 0.3 is 12.1 Å². The molecule has 4 rings (SSSR count). The number of aromatic nitrogens is 1.